The predicted octanol–water partition coefficient (Wildman–Crippen LogP) is 5.34. The van der Waals surface area contributed by atoms with E-state index in [1.807, 2.05) is 31.2 Å². The number of hydrogen-bond donors (Lipinski definition) is 3. The zero-order chi connectivity index (χ0) is 24.9. The van der Waals surface area contributed by atoms with Crippen LogP contribution in [0.1, 0.15) is 52.7 Å². The first kappa shape index (κ1) is 24.0. The topological polar surface area (TPSA) is 105 Å². The van der Waals surface area contributed by atoms with E-state index in [-0.39, 0.29) is 30.4 Å². The van der Waals surface area contributed by atoms with Crippen LogP contribution in [0.2, 0.25) is 0 Å². The molecule has 0 spiro atoms. The Morgan fingerprint density at radius 3 is 2.20 bits per heavy atom. The molecular weight excluding hydrogens is 444 g/mol. The minimum Gasteiger partial charge on any atom is -0.478 e. The number of carboxylic acids is 1. The van der Waals surface area contributed by atoms with Gasteiger partial charge in [-0.1, -0.05) is 61.5 Å². The number of alkyl carbamates (subject to hydrolysis) is 1. The Hall–Kier alpha value is -4.13. The molecule has 1 aliphatic rings. The Morgan fingerprint density at radius 2 is 1.60 bits per heavy atom. The highest BCUT2D eigenvalue weighted by Crippen LogP contribution is 2.44. The summed E-state index contributed by atoms with van der Waals surface area (Å²) in [5, 5.41) is 14.7. The van der Waals surface area contributed by atoms with Gasteiger partial charge >= 0.3 is 12.1 Å². The molecular formula is C28H28N2O5. The van der Waals surface area contributed by atoms with Gasteiger partial charge in [0.2, 0.25) is 5.91 Å². The summed E-state index contributed by atoms with van der Waals surface area (Å²) in [7, 11) is 0. The molecule has 1 aliphatic carbocycles. The van der Waals surface area contributed by atoms with E-state index >= 15 is 0 Å². The highest BCUT2D eigenvalue weighted by molar-refractivity contribution is 5.95. The average molecular weight is 473 g/mol. The fourth-order valence-electron chi connectivity index (χ4n) is 4.42. The van der Waals surface area contributed by atoms with E-state index in [0.29, 0.717) is 12.1 Å². The standard InChI is InChI=1S/C28H28N2O5/c1-3-19(15-26(31)30-25-14-18(27(32)33)13-12-17(25)2)29-28(34)35-16-24-22-10-6-4-8-20(22)21-9-5-7-11-23(21)24/h4-14,19,24H,3,15-16H2,1-2H3,(H,29,34)(H,30,31)(H,32,33)/t19-/m1/s1. The molecule has 0 saturated carbocycles. The van der Waals surface area contributed by atoms with Crippen LogP contribution in [0.15, 0.2) is 66.7 Å². The van der Waals surface area contributed by atoms with Crippen LogP contribution in [0.25, 0.3) is 11.1 Å². The lowest BCUT2D eigenvalue weighted by Gasteiger charge is -2.19. The third-order valence-corrected chi connectivity index (χ3v) is 6.35. The number of aryl methyl sites for hydroxylation is 1. The Morgan fingerprint density at radius 1 is 0.971 bits per heavy atom. The lowest BCUT2D eigenvalue weighted by Crippen LogP contribution is -2.38. The van der Waals surface area contributed by atoms with Gasteiger partial charge in [-0.25, -0.2) is 9.59 Å². The number of rotatable bonds is 8. The quantitative estimate of drug-likeness (QED) is 0.411. The maximum atomic E-state index is 12.6. The fraction of sp³-hybridized carbons (Fsp3) is 0.250. The molecule has 180 valence electrons. The first-order valence-electron chi connectivity index (χ1n) is 11.6. The molecule has 3 aromatic carbocycles. The molecule has 0 aliphatic heterocycles. The number of amides is 2. The van der Waals surface area contributed by atoms with Gasteiger partial charge in [-0.15, -0.1) is 0 Å². The zero-order valence-electron chi connectivity index (χ0n) is 19.7. The maximum Gasteiger partial charge on any atom is 0.407 e. The summed E-state index contributed by atoms with van der Waals surface area (Å²) in [4.78, 5) is 36.4. The Kier molecular flexibility index (Phi) is 7.15. The van der Waals surface area contributed by atoms with Crippen LogP contribution in [-0.4, -0.2) is 35.7 Å². The van der Waals surface area contributed by atoms with E-state index in [1.54, 1.807) is 13.0 Å². The zero-order valence-corrected chi connectivity index (χ0v) is 19.7. The third kappa shape index (κ3) is 5.35. The van der Waals surface area contributed by atoms with Gasteiger partial charge in [0.15, 0.2) is 0 Å². The highest BCUT2D eigenvalue weighted by atomic mass is 16.5. The van der Waals surface area contributed by atoms with E-state index in [1.165, 1.54) is 12.1 Å². The van der Waals surface area contributed by atoms with Gasteiger partial charge in [0, 0.05) is 24.1 Å². The molecule has 3 aromatic rings. The van der Waals surface area contributed by atoms with Gasteiger partial charge < -0.3 is 20.5 Å². The molecule has 0 unspecified atom stereocenters. The SMILES string of the molecule is CC[C@H](CC(=O)Nc1cc(C(=O)O)ccc1C)NC(=O)OCC1c2ccccc2-c2ccccc21. The summed E-state index contributed by atoms with van der Waals surface area (Å²) in [5.74, 6) is -1.42. The summed E-state index contributed by atoms with van der Waals surface area (Å²) in [6, 6.07) is 20.4. The Balaban J connectivity index is 1.34. The second kappa shape index (κ2) is 10.4. The molecule has 0 saturated heterocycles. The van der Waals surface area contributed by atoms with Crippen molar-refractivity contribution in [1.82, 2.24) is 5.32 Å². The molecule has 7 heteroatoms. The van der Waals surface area contributed by atoms with Crippen molar-refractivity contribution in [2.75, 3.05) is 11.9 Å². The summed E-state index contributed by atoms with van der Waals surface area (Å²) >= 11 is 0. The molecule has 2 amide bonds. The molecule has 0 aromatic heterocycles. The van der Waals surface area contributed by atoms with Crippen LogP contribution < -0.4 is 10.6 Å². The maximum absolute atomic E-state index is 12.6. The Bertz CT molecular complexity index is 1220. The number of anilines is 1. The summed E-state index contributed by atoms with van der Waals surface area (Å²) < 4.78 is 5.59. The number of ether oxygens (including phenoxy) is 1. The number of nitrogens with one attached hydrogen (secondary N) is 2. The van der Waals surface area contributed by atoms with Gasteiger partial charge in [-0.05, 0) is 53.3 Å². The van der Waals surface area contributed by atoms with Crippen LogP contribution in [0.4, 0.5) is 10.5 Å². The van der Waals surface area contributed by atoms with Gasteiger partial charge in [0.05, 0.1) is 5.56 Å². The number of carboxylic acid groups (broad SMARTS) is 1. The van der Waals surface area contributed by atoms with Crippen molar-refractivity contribution >= 4 is 23.7 Å². The molecule has 35 heavy (non-hydrogen) atoms. The number of carbonyl (C=O) groups is 3. The van der Waals surface area contributed by atoms with E-state index < -0.39 is 18.1 Å². The first-order chi connectivity index (χ1) is 16.9. The molecule has 4 rings (SSSR count). The van der Waals surface area contributed by atoms with Crippen LogP contribution in [0, 0.1) is 6.92 Å². The Labute approximate surface area is 204 Å². The van der Waals surface area contributed by atoms with Crippen molar-refractivity contribution in [3.63, 3.8) is 0 Å². The fourth-order valence-corrected chi connectivity index (χ4v) is 4.42. The number of hydrogen-bond acceptors (Lipinski definition) is 4. The molecule has 0 bridgehead atoms. The minimum atomic E-state index is -1.07. The van der Waals surface area contributed by atoms with Crippen molar-refractivity contribution in [1.29, 1.82) is 0 Å². The van der Waals surface area contributed by atoms with Crippen molar-refractivity contribution in [3.05, 3.63) is 89.0 Å². The van der Waals surface area contributed by atoms with Crippen LogP contribution in [0.3, 0.4) is 0 Å². The lowest BCUT2D eigenvalue weighted by molar-refractivity contribution is -0.116. The second-order valence-electron chi connectivity index (χ2n) is 8.66. The third-order valence-electron chi connectivity index (χ3n) is 6.35. The highest BCUT2D eigenvalue weighted by Gasteiger charge is 2.29. The molecule has 0 fully saturated rings. The monoisotopic (exact) mass is 472 g/mol. The van der Waals surface area contributed by atoms with Gasteiger partial charge in [0.25, 0.3) is 0 Å². The van der Waals surface area contributed by atoms with Gasteiger partial charge in [-0.2, -0.15) is 0 Å². The number of fused-ring (bicyclic) bond motifs is 3. The van der Waals surface area contributed by atoms with E-state index in [2.05, 4.69) is 34.9 Å². The summed E-state index contributed by atoms with van der Waals surface area (Å²) in [6.07, 6.45) is -0.000932. The molecule has 0 heterocycles. The normalized spacial score (nSPS) is 12.9. The minimum absolute atomic E-state index is 0.0391. The molecule has 7 nitrogen and oxygen atoms in total. The molecule has 0 radical (unpaired) electrons. The number of carbonyl (C=O) groups excluding carboxylic acids is 2. The smallest absolute Gasteiger partial charge is 0.407 e. The van der Waals surface area contributed by atoms with Crippen molar-refractivity contribution < 1.29 is 24.2 Å². The largest absolute Gasteiger partial charge is 0.478 e. The van der Waals surface area contributed by atoms with Gasteiger partial charge in [0.1, 0.15) is 6.61 Å². The van der Waals surface area contributed by atoms with Crippen molar-refractivity contribution in [2.45, 2.75) is 38.6 Å². The summed E-state index contributed by atoms with van der Waals surface area (Å²) in [5.41, 5.74) is 5.85. The lowest BCUT2D eigenvalue weighted by atomic mass is 9.98. The van der Waals surface area contributed by atoms with Crippen LogP contribution in [-0.2, 0) is 9.53 Å². The molecule has 3 N–H and O–H groups in total. The summed E-state index contributed by atoms with van der Waals surface area (Å²) in [6.45, 7) is 3.86. The van der Waals surface area contributed by atoms with E-state index in [0.717, 1.165) is 27.8 Å². The predicted molar refractivity (Wildman–Crippen MR) is 134 cm³/mol. The van der Waals surface area contributed by atoms with E-state index in [4.69, 9.17) is 4.74 Å². The van der Waals surface area contributed by atoms with Crippen LogP contribution >= 0.6 is 0 Å². The average Bonchev–Trinajstić information content (AvgIpc) is 3.17. The molecule has 1 atom stereocenters. The van der Waals surface area contributed by atoms with Gasteiger partial charge in [-0.3, -0.25) is 4.79 Å². The van der Waals surface area contributed by atoms with Crippen molar-refractivity contribution in [2.24, 2.45) is 0 Å². The number of aromatic carboxylic acids is 1. The van der Waals surface area contributed by atoms with E-state index in [9.17, 15) is 19.5 Å². The van der Waals surface area contributed by atoms with Crippen LogP contribution in [0.5, 0.6) is 0 Å². The number of benzene rings is 3. The van der Waals surface area contributed by atoms with Crippen molar-refractivity contribution in [3.8, 4) is 11.1 Å². The first-order valence-corrected chi connectivity index (χ1v) is 11.6. The second-order valence-corrected chi connectivity index (χ2v) is 8.66.